The number of hydrogen-bond acceptors (Lipinski definition) is 4. The summed E-state index contributed by atoms with van der Waals surface area (Å²) in [6, 6.07) is 0. The van der Waals surface area contributed by atoms with Gasteiger partial charge in [0.15, 0.2) is 0 Å². The number of hydrogen-bond donors (Lipinski definition) is 1. The first kappa shape index (κ1) is 11.9. The average molecular weight is 248 g/mol. The second-order valence-corrected chi connectivity index (χ2v) is 5.70. The summed E-state index contributed by atoms with van der Waals surface area (Å²) >= 11 is 0. The topological polar surface area (TPSA) is 80.3 Å². The van der Waals surface area contributed by atoms with E-state index >= 15 is 0 Å². The van der Waals surface area contributed by atoms with E-state index < -0.39 is 24.8 Å². The lowest BCUT2D eigenvalue weighted by molar-refractivity contribution is -0.0441. The van der Waals surface area contributed by atoms with Gasteiger partial charge in [0.1, 0.15) is 0 Å². The first-order chi connectivity index (χ1) is 4.96. The molecular weight excluding hydrogens is 247 g/mol. The summed E-state index contributed by atoms with van der Waals surface area (Å²) in [5.74, 6) is 0. The number of rotatable bonds is 2. The van der Waals surface area contributed by atoms with E-state index in [2.05, 4.69) is 10.7 Å². The highest BCUT2D eigenvalue weighted by Gasteiger charge is 2.48. The van der Waals surface area contributed by atoms with Gasteiger partial charge in [-0.1, -0.05) is 4.13 Å². The van der Waals surface area contributed by atoms with Crippen molar-refractivity contribution in [1.82, 2.24) is 4.13 Å². The van der Waals surface area contributed by atoms with Crippen LogP contribution < -0.4 is 4.13 Å². The Morgan fingerprint density at radius 3 is 1.50 bits per heavy atom. The van der Waals surface area contributed by atoms with Crippen molar-refractivity contribution in [2.24, 2.45) is 0 Å². The molecule has 0 spiro atoms. The van der Waals surface area contributed by atoms with Crippen LogP contribution in [-0.2, 0) is 19.3 Å². The molecule has 0 atom stereocenters. The summed E-state index contributed by atoms with van der Waals surface area (Å²) in [5.41, 5.74) is -5.70. The van der Waals surface area contributed by atoms with Crippen molar-refractivity contribution in [3.8, 4) is 0 Å². The molecule has 74 valence electrons. The Balaban J connectivity index is 4.96. The molecule has 0 heterocycles. The molecule has 0 unspecified atom stereocenters. The predicted molar refractivity (Wildman–Crippen MR) is 32.9 cm³/mol. The number of nitrogens with one attached hydrogen (secondary N) is 1. The maximum atomic E-state index is 11.4. The van der Waals surface area contributed by atoms with Gasteiger partial charge in [0.25, 0.3) is 0 Å². The number of alkyl halides is 3. The zero-order chi connectivity index (χ0) is 10.2. The molecule has 0 saturated heterocycles. The molecule has 11 heteroatoms. The van der Waals surface area contributed by atoms with Crippen LogP contribution in [0.5, 0.6) is 0 Å². The van der Waals surface area contributed by atoms with Crippen molar-refractivity contribution in [2.75, 3.05) is 0 Å². The van der Waals surface area contributed by atoms with E-state index in [1.165, 1.54) is 0 Å². The van der Waals surface area contributed by atoms with Crippen molar-refractivity contribution >= 4 is 29.9 Å². The minimum atomic E-state index is -5.93. The molecule has 0 aromatic carbocycles. The molecule has 0 aliphatic rings. The Bertz CT molecular complexity index is 352. The third kappa shape index (κ3) is 3.56. The van der Waals surface area contributed by atoms with Crippen LogP contribution in [0.2, 0.25) is 0 Å². The molecule has 0 fully saturated rings. The summed E-state index contributed by atoms with van der Waals surface area (Å²) in [7, 11) is -6.67. The lowest BCUT2D eigenvalue weighted by Crippen LogP contribution is -2.38. The molecular formula is CHClF3NO4S2. The van der Waals surface area contributed by atoms with Crippen molar-refractivity contribution in [2.45, 2.75) is 5.51 Å². The van der Waals surface area contributed by atoms with Gasteiger partial charge in [0.2, 0.25) is 0 Å². The van der Waals surface area contributed by atoms with E-state index in [0.29, 0.717) is 0 Å². The van der Waals surface area contributed by atoms with Crippen LogP contribution in [0.15, 0.2) is 0 Å². The zero-order valence-corrected chi connectivity index (χ0v) is 7.35. The van der Waals surface area contributed by atoms with Gasteiger partial charge in [-0.15, -0.1) is 0 Å². The number of sulfonamides is 1. The van der Waals surface area contributed by atoms with Gasteiger partial charge < -0.3 is 0 Å². The van der Waals surface area contributed by atoms with E-state index in [1.807, 2.05) is 0 Å². The van der Waals surface area contributed by atoms with Gasteiger partial charge in [-0.05, 0) is 0 Å². The molecule has 0 rings (SSSR count). The van der Waals surface area contributed by atoms with E-state index in [0.717, 1.165) is 0 Å². The fraction of sp³-hybridized carbons (Fsp3) is 1.00. The van der Waals surface area contributed by atoms with Gasteiger partial charge in [0.05, 0.1) is 0 Å². The van der Waals surface area contributed by atoms with Crippen molar-refractivity contribution in [3.63, 3.8) is 0 Å². The maximum Gasteiger partial charge on any atom is 0.512 e. The molecule has 0 radical (unpaired) electrons. The predicted octanol–water partition coefficient (Wildman–Crippen LogP) is -0.0908. The van der Waals surface area contributed by atoms with Gasteiger partial charge in [-0.3, -0.25) is 0 Å². The van der Waals surface area contributed by atoms with Gasteiger partial charge >= 0.3 is 24.8 Å². The van der Waals surface area contributed by atoms with E-state index in [9.17, 15) is 30.0 Å². The van der Waals surface area contributed by atoms with Crippen LogP contribution in [-0.4, -0.2) is 22.3 Å². The fourth-order valence-corrected chi connectivity index (χ4v) is 2.35. The second-order valence-electron chi connectivity index (χ2n) is 1.47. The van der Waals surface area contributed by atoms with Gasteiger partial charge in [-0.2, -0.15) is 21.6 Å². The second kappa shape index (κ2) is 3.01. The minimum absolute atomic E-state index is 0.220. The lowest BCUT2D eigenvalue weighted by Gasteiger charge is -2.05. The molecule has 0 amide bonds. The molecule has 0 aliphatic heterocycles. The third-order valence-electron chi connectivity index (χ3n) is 0.514. The third-order valence-corrected chi connectivity index (χ3v) is 3.36. The Kier molecular flexibility index (Phi) is 3.00. The SMILES string of the molecule is O=S(=O)(Cl)NS(=O)(=O)C(F)(F)F. The molecule has 0 saturated carbocycles. The summed E-state index contributed by atoms with van der Waals surface area (Å²) in [5, 5.41) is 0. The van der Waals surface area contributed by atoms with Crippen LogP contribution in [0.3, 0.4) is 0 Å². The van der Waals surface area contributed by atoms with Crippen molar-refractivity contribution < 1.29 is 30.0 Å². The first-order valence-electron chi connectivity index (χ1n) is 2.00. The molecule has 0 aliphatic carbocycles. The summed E-state index contributed by atoms with van der Waals surface area (Å²) in [6.45, 7) is 0. The summed E-state index contributed by atoms with van der Waals surface area (Å²) in [4.78, 5) is 0. The monoisotopic (exact) mass is 247 g/mol. The van der Waals surface area contributed by atoms with Crippen LogP contribution in [0.1, 0.15) is 0 Å². The highest BCUT2D eigenvalue weighted by atomic mass is 35.7. The molecule has 12 heavy (non-hydrogen) atoms. The van der Waals surface area contributed by atoms with Gasteiger partial charge in [0, 0.05) is 10.7 Å². The highest BCUT2D eigenvalue weighted by molar-refractivity contribution is 8.18. The highest BCUT2D eigenvalue weighted by Crippen LogP contribution is 2.22. The van der Waals surface area contributed by atoms with E-state index in [4.69, 9.17) is 0 Å². The normalized spacial score (nSPS) is 14.7. The largest absolute Gasteiger partial charge is 0.512 e. The summed E-state index contributed by atoms with van der Waals surface area (Å²) in [6.07, 6.45) is 0. The van der Waals surface area contributed by atoms with Gasteiger partial charge in [-0.25, -0.2) is 8.42 Å². The quantitative estimate of drug-likeness (QED) is 0.692. The molecule has 0 bridgehead atoms. The Labute approximate surface area is 70.1 Å². The molecule has 0 aromatic rings. The van der Waals surface area contributed by atoms with Crippen LogP contribution in [0, 0.1) is 0 Å². The molecule has 5 nitrogen and oxygen atoms in total. The Morgan fingerprint density at radius 2 is 1.42 bits per heavy atom. The fourth-order valence-electron chi connectivity index (χ4n) is 0.178. The van der Waals surface area contributed by atoms with E-state index in [-0.39, 0.29) is 4.13 Å². The van der Waals surface area contributed by atoms with Crippen molar-refractivity contribution in [3.05, 3.63) is 0 Å². The maximum absolute atomic E-state index is 11.4. The Hall–Kier alpha value is -0.0600. The standard InChI is InChI=1S/CHClF3NO4S2/c2-12(9,10)6-11(7,8)1(3,4)5/h6H. The molecule has 0 aromatic heterocycles. The summed E-state index contributed by atoms with van der Waals surface area (Å²) < 4.78 is 74.1. The molecule has 1 N–H and O–H groups in total. The van der Waals surface area contributed by atoms with Crippen LogP contribution >= 0.6 is 10.7 Å². The smallest absolute Gasteiger partial charge is 0.202 e. The minimum Gasteiger partial charge on any atom is -0.202 e. The average Bonchev–Trinajstić information content (AvgIpc) is 1.52. The lowest BCUT2D eigenvalue weighted by atomic mass is 11.6. The zero-order valence-electron chi connectivity index (χ0n) is 4.96. The first-order valence-corrected chi connectivity index (χ1v) is 5.79. The van der Waals surface area contributed by atoms with Crippen LogP contribution in [0.25, 0.3) is 0 Å². The van der Waals surface area contributed by atoms with E-state index in [1.54, 1.807) is 0 Å². The van der Waals surface area contributed by atoms with Crippen molar-refractivity contribution in [1.29, 1.82) is 0 Å². The number of halogens is 4. The Morgan fingerprint density at radius 1 is 1.08 bits per heavy atom. The van der Waals surface area contributed by atoms with Crippen LogP contribution in [0.4, 0.5) is 13.2 Å².